The lowest BCUT2D eigenvalue weighted by atomic mass is 10.1. The SMILES string of the molecule is CCCCCCOc1ccc(C#Cc2ccc(C(=O)Oc3ccccc3)cc2)cc1. The zero-order chi connectivity index (χ0) is 21.0. The van der Waals surface area contributed by atoms with Gasteiger partial charge in [-0.15, -0.1) is 0 Å². The lowest BCUT2D eigenvalue weighted by Gasteiger charge is -2.05. The van der Waals surface area contributed by atoms with E-state index in [1.54, 1.807) is 24.3 Å². The number of esters is 1. The van der Waals surface area contributed by atoms with Crippen LogP contribution < -0.4 is 9.47 Å². The molecule has 0 radical (unpaired) electrons. The molecule has 0 heterocycles. The summed E-state index contributed by atoms with van der Waals surface area (Å²) in [4.78, 5) is 12.2. The number of ether oxygens (including phenoxy) is 2. The maximum absolute atomic E-state index is 12.2. The molecule has 0 bridgehead atoms. The summed E-state index contributed by atoms with van der Waals surface area (Å²) in [6.45, 7) is 2.96. The fraction of sp³-hybridized carbons (Fsp3) is 0.222. The summed E-state index contributed by atoms with van der Waals surface area (Å²) >= 11 is 0. The molecule has 0 atom stereocenters. The van der Waals surface area contributed by atoms with Crippen molar-refractivity contribution in [1.29, 1.82) is 0 Å². The first-order valence-corrected chi connectivity index (χ1v) is 10.4. The van der Waals surface area contributed by atoms with Gasteiger partial charge in [0.05, 0.1) is 12.2 Å². The second kappa shape index (κ2) is 11.5. The molecule has 30 heavy (non-hydrogen) atoms. The Kier molecular flexibility index (Phi) is 8.12. The number of carbonyl (C=O) groups is 1. The maximum Gasteiger partial charge on any atom is 0.343 e. The zero-order valence-electron chi connectivity index (χ0n) is 17.3. The molecule has 3 aromatic rings. The third-order valence-corrected chi connectivity index (χ3v) is 4.55. The van der Waals surface area contributed by atoms with Crippen molar-refractivity contribution in [3.05, 3.63) is 95.6 Å². The minimum Gasteiger partial charge on any atom is -0.494 e. The van der Waals surface area contributed by atoms with Gasteiger partial charge in [0.1, 0.15) is 11.5 Å². The van der Waals surface area contributed by atoms with Gasteiger partial charge in [0, 0.05) is 11.1 Å². The molecule has 152 valence electrons. The van der Waals surface area contributed by atoms with E-state index in [-0.39, 0.29) is 5.97 Å². The van der Waals surface area contributed by atoms with Crippen molar-refractivity contribution < 1.29 is 14.3 Å². The number of rotatable bonds is 8. The summed E-state index contributed by atoms with van der Waals surface area (Å²) in [5.41, 5.74) is 2.24. The molecule has 0 aliphatic heterocycles. The Morgan fingerprint density at radius 1 is 0.733 bits per heavy atom. The summed E-state index contributed by atoms with van der Waals surface area (Å²) in [6.07, 6.45) is 4.79. The summed E-state index contributed by atoms with van der Waals surface area (Å²) in [6, 6.07) is 23.9. The van der Waals surface area contributed by atoms with Crippen LogP contribution in [0.25, 0.3) is 0 Å². The Balaban J connectivity index is 1.52. The van der Waals surface area contributed by atoms with Crippen LogP contribution in [0.4, 0.5) is 0 Å². The van der Waals surface area contributed by atoms with Gasteiger partial charge in [-0.2, -0.15) is 0 Å². The predicted molar refractivity (Wildman–Crippen MR) is 120 cm³/mol. The van der Waals surface area contributed by atoms with Gasteiger partial charge < -0.3 is 9.47 Å². The quantitative estimate of drug-likeness (QED) is 0.194. The van der Waals surface area contributed by atoms with E-state index in [4.69, 9.17) is 9.47 Å². The van der Waals surface area contributed by atoms with Gasteiger partial charge in [-0.3, -0.25) is 0 Å². The van der Waals surface area contributed by atoms with Crippen molar-refractivity contribution in [2.45, 2.75) is 32.6 Å². The fourth-order valence-electron chi connectivity index (χ4n) is 2.84. The first-order valence-electron chi connectivity index (χ1n) is 10.4. The highest BCUT2D eigenvalue weighted by Gasteiger charge is 2.07. The summed E-state index contributed by atoms with van der Waals surface area (Å²) in [5, 5.41) is 0. The molecular weight excluding hydrogens is 372 g/mol. The van der Waals surface area contributed by atoms with Crippen molar-refractivity contribution in [3.63, 3.8) is 0 Å². The molecule has 0 amide bonds. The van der Waals surface area contributed by atoms with Crippen LogP contribution in [0.1, 0.15) is 54.1 Å². The Morgan fingerprint density at radius 2 is 1.37 bits per heavy atom. The van der Waals surface area contributed by atoms with Gasteiger partial charge in [-0.1, -0.05) is 56.2 Å². The monoisotopic (exact) mass is 398 g/mol. The molecular formula is C27H26O3. The summed E-state index contributed by atoms with van der Waals surface area (Å²) in [7, 11) is 0. The number of para-hydroxylation sites is 1. The lowest BCUT2D eigenvalue weighted by molar-refractivity contribution is 0.0735. The molecule has 0 fully saturated rings. The Hall–Kier alpha value is -3.51. The number of hydrogen-bond acceptors (Lipinski definition) is 3. The summed E-state index contributed by atoms with van der Waals surface area (Å²) < 4.78 is 11.1. The van der Waals surface area contributed by atoms with Crippen LogP contribution in [0, 0.1) is 11.8 Å². The molecule has 3 nitrogen and oxygen atoms in total. The highest BCUT2D eigenvalue weighted by atomic mass is 16.5. The zero-order valence-corrected chi connectivity index (χ0v) is 17.3. The van der Waals surface area contributed by atoms with E-state index in [9.17, 15) is 4.79 Å². The van der Waals surface area contributed by atoms with Gasteiger partial charge in [-0.05, 0) is 67.1 Å². The van der Waals surface area contributed by atoms with Crippen molar-refractivity contribution >= 4 is 5.97 Å². The Morgan fingerprint density at radius 3 is 2.00 bits per heavy atom. The van der Waals surface area contributed by atoms with E-state index in [1.165, 1.54) is 19.3 Å². The standard InChI is InChI=1S/C27H26O3/c1-2-3-4-8-21-29-25-19-15-23(16-20-25)12-11-22-13-17-24(18-14-22)27(28)30-26-9-6-5-7-10-26/h5-7,9-10,13-20H,2-4,8,21H2,1H3. The molecule has 0 saturated carbocycles. The fourth-order valence-corrected chi connectivity index (χ4v) is 2.84. The topological polar surface area (TPSA) is 35.5 Å². The molecule has 0 unspecified atom stereocenters. The normalized spacial score (nSPS) is 10.0. The average molecular weight is 399 g/mol. The minimum absolute atomic E-state index is 0.383. The Bertz CT molecular complexity index is 978. The van der Waals surface area contributed by atoms with Crippen molar-refractivity contribution in [2.75, 3.05) is 6.61 Å². The molecule has 3 heteroatoms. The second-order valence-electron chi connectivity index (χ2n) is 6.96. The van der Waals surface area contributed by atoms with E-state index in [1.807, 2.05) is 54.6 Å². The summed E-state index contributed by atoms with van der Waals surface area (Å²) in [5.74, 6) is 7.28. The van der Waals surface area contributed by atoms with Crippen LogP contribution in [-0.4, -0.2) is 12.6 Å². The van der Waals surface area contributed by atoms with Crippen LogP contribution in [0.15, 0.2) is 78.9 Å². The third kappa shape index (κ3) is 6.83. The Labute approximate surface area is 178 Å². The highest BCUT2D eigenvalue weighted by molar-refractivity contribution is 5.91. The first-order chi connectivity index (χ1) is 14.7. The lowest BCUT2D eigenvalue weighted by Crippen LogP contribution is -2.08. The smallest absolute Gasteiger partial charge is 0.343 e. The molecule has 0 aliphatic rings. The van der Waals surface area contributed by atoms with Gasteiger partial charge in [0.15, 0.2) is 0 Å². The number of unbranched alkanes of at least 4 members (excludes halogenated alkanes) is 3. The predicted octanol–water partition coefficient (Wildman–Crippen LogP) is 6.26. The van der Waals surface area contributed by atoms with Crippen molar-refractivity contribution in [1.82, 2.24) is 0 Å². The largest absolute Gasteiger partial charge is 0.494 e. The van der Waals surface area contributed by atoms with Gasteiger partial charge in [0.2, 0.25) is 0 Å². The van der Waals surface area contributed by atoms with Crippen LogP contribution >= 0.6 is 0 Å². The van der Waals surface area contributed by atoms with Gasteiger partial charge in [-0.25, -0.2) is 4.79 Å². The average Bonchev–Trinajstić information content (AvgIpc) is 2.79. The van der Waals surface area contributed by atoms with Gasteiger partial charge >= 0.3 is 5.97 Å². The van der Waals surface area contributed by atoms with Crippen LogP contribution in [0.5, 0.6) is 11.5 Å². The van der Waals surface area contributed by atoms with E-state index >= 15 is 0 Å². The van der Waals surface area contributed by atoms with Crippen LogP contribution in [-0.2, 0) is 0 Å². The molecule has 3 rings (SSSR count). The van der Waals surface area contributed by atoms with E-state index in [0.29, 0.717) is 11.3 Å². The van der Waals surface area contributed by atoms with E-state index in [2.05, 4.69) is 18.8 Å². The molecule has 0 spiro atoms. The molecule has 3 aromatic carbocycles. The third-order valence-electron chi connectivity index (χ3n) is 4.55. The maximum atomic E-state index is 12.2. The number of carbonyl (C=O) groups excluding carboxylic acids is 1. The molecule has 0 aliphatic carbocycles. The first kappa shape index (κ1) is 21.2. The molecule has 0 N–H and O–H groups in total. The van der Waals surface area contributed by atoms with E-state index in [0.717, 1.165) is 29.9 Å². The highest BCUT2D eigenvalue weighted by Crippen LogP contribution is 2.14. The van der Waals surface area contributed by atoms with Crippen molar-refractivity contribution in [3.8, 4) is 23.3 Å². The minimum atomic E-state index is -0.383. The number of hydrogen-bond donors (Lipinski definition) is 0. The molecule has 0 saturated heterocycles. The second-order valence-corrected chi connectivity index (χ2v) is 6.96. The van der Waals surface area contributed by atoms with Crippen LogP contribution in [0.2, 0.25) is 0 Å². The van der Waals surface area contributed by atoms with Crippen molar-refractivity contribution in [2.24, 2.45) is 0 Å². The van der Waals surface area contributed by atoms with E-state index < -0.39 is 0 Å². The van der Waals surface area contributed by atoms with Gasteiger partial charge in [0.25, 0.3) is 0 Å². The van der Waals surface area contributed by atoms with Crippen LogP contribution in [0.3, 0.4) is 0 Å². The molecule has 0 aromatic heterocycles. The number of benzene rings is 3.